The fourth-order valence-corrected chi connectivity index (χ4v) is 2.58. The minimum Gasteiger partial charge on any atom is -0.465 e. The number of carbonyl (C=O) groups excluding carboxylic acids is 1. The molecule has 4 unspecified atom stereocenters. The smallest absolute Gasteiger partial charge is 0.309 e. The van der Waals surface area contributed by atoms with E-state index in [9.17, 15) is 9.90 Å². The van der Waals surface area contributed by atoms with E-state index in [4.69, 9.17) is 4.74 Å². The van der Waals surface area contributed by atoms with Crippen LogP contribution in [0.3, 0.4) is 0 Å². The number of aliphatic hydroxyl groups excluding tert-OH is 1. The summed E-state index contributed by atoms with van der Waals surface area (Å²) < 4.78 is 4.96. The van der Waals surface area contributed by atoms with Crippen LogP contribution in [0.15, 0.2) is 0 Å². The lowest BCUT2D eigenvalue weighted by molar-refractivity contribution is -0.141. The highest BCUT2D eigenvalue weighted by molar-refractivity contribution is 5.75. The molecule has 1 aliphatic heterocycles. The molecule has 1 N–H and O–H groups in total. The molecule has 1 saturated carbocycles. The lowest BCUT2D eigenvalue weighted by Gasteiger charge is -2.16. The molecule has 1 saturated heterocycles. The average molecular weight is 184 g/mol. The van der Waals surface area contributed by atoms with E-state index < -0.39 is 0 Å². The minimum absolute atomic E-state index is 0.0456. The molecule has 2 fully saturated rings. The summed E-state index contributed by atoms with van der Waals surface area (Å²) in [6.07, 6.45) is 2.36. The highest BCUT2D eigenvalue weighted by atomic mass is 16.5. The van der Waals surface area contributed by atoms with Crippen LogP contribution in [0.1, 0.15) is 26.2 Å². The molecule has 0 aromatic rings. The number of aliphatic hydroxyl groups is 1. The number of esters is 1. The molecular weight excluding hydrogens is 168 g/mol. The first kappa shape index (κ1) is 9.00. The van der Waals surface area contributed by atoms with Crippen molar-refractivity contribution in [2.24, 2.45) is 17.8 Å². The summed E-state index contributed by atoms with van der Waals surface area (Å²) in [7, 11) is 0. The normalized spacial score (nSPS) is 40.2. The SMILES string of the molecule is CCC(O)C1CC2COC(=O)C2C1. The Labute approximate surface area is 78.1 Å². The van der Waals surface area contributed by atoms with Gasteiger partial charge in [-0.25, -0.2) is 0 Å². The van der Waals surface area contributed by atoms with E-state index in [0.29, 0.717) is 18.4 Å². The number of hydrogen-bond acceptors (Lipinski definition) is 3. The van der Waals surface area contributed by atoms with Gasteiger partial charge in [-0.3, -0.25) is 4.79 Å². The summed E-state index contributed by atoms with van der Waals surface area (Å²) in [5.41, 5.74) is 0. The first-order valence-electron chi connectivity index (χ1n) is 5.07. The third kappa shape index (κ3) is 1.46. The molecule has 74 valence electrons. The summed E-state index contributed by atoms with van der Waals surface area (Å²) in [6, 6.07) is 0. The Kier molecular flexibility index (Phi) is 2.28. The maximum atomic E-state index is 11.2. The van der Waals surface area contributed by atoms with Crippen molar-refractivity contribution >= 4 is 5.97 Å². The summed E-state index contributed by atoms with van der Waals surface area (Å²) in [6.45, 7) is 2.56. The van der Waals surface area contributed by atoms with Gasteiger partial charge in [0.1, 0.15) is 0 Å². The average Bonchev–Trinajstić information content (AvgIpc) is 2.67. The van der Waals surface area contributed by atoms with Gasteiger partial charge < -0.3 is 9.84 Å². The van der Waals surface area contributed by atoms with E-state index in [2.05, 4.69) is 0 Å². The number of fused-ring (bicyclic) bond motifs is 1. The lowest BCUT2D eigenvalue weighted by atomic mass is 9.97. The largest absolute Gasteiger partial charge is 0.465 e. The second-order valence-corrected chi connectivity index (χ2v) is 4.20. The van der Waals surface area contributed by atoms with E-state index >= 15 is 0 Å². The topological polar surface area (TPSA) is 46.5 Å². The molecule has 2 aliphatic rings. The Hall–Kier alpha value is -0.570. The molecule has 3 heteroatoms. The van der Waals surface area contributed by atoms with Gasteiger partial charge in [-0.15, -0.1) is 0 Å². The molecule has 13 heavy (non-hydrogen) atoms. The lowest BCUT2D eigenvalue weighted by Crippen LogP contribution is -2.18. The molecular formula is C10H16O3. The van der Waals surface area contributed by atoms with Gasteiger partial charge in [0.25, 0.3) is 0 Å². The fourth-order valence-electron chi connectivity index (χ4n) is 2.58. The van der Waals surface area contributed by atoms with Gasteiger partial charge in [0.15, 0.2) is 0 Å². The van der Waals surface area contributed by atoms with E-state index in [1.807, 2.05) is 6.92 Å². The number of rotatable bonds is 2. The van der Waals surface area contributed by atoms with Gasteiger partial charge in [0.05, 0.1) is 18.6 Å². The van der Waals surface area contributed by atoms with Crippen LogP contribution in [-0.2, 0) is 9.53 Å². The predicted octanol–water partition coefficient (Wildman–Crippen LogP) is 0.957. The molecule has 0 bridgehead atoms. The summed E-state index contributed by atoms with van der Waals surface area (Å²) in [5.74, 6) is 0.758. The molecule has 2 rings (SSSR count). The number of cyclic esters (lactones) is 1. The van der Waals surface area contributed by atoms with Crippen LogP contribution in [0.25, 0.3) is 0 Å². The highest BCUT2D eigenvalue weighted by Crippen LogP contribution is 2.42. The van der Waals surface area contributed by atoms with E-state index in [0.717, 1.165) is 19.3 Å². The zero-order valence-electron chi connectivity index (χ0n) is 7.90. The maximum Gasteiger partial charge on any atom is 0.309 e. The second kappa shape index (κ2) is 3.29. The Morgan fingerprint density at radius 1 is 1.62 bits per heavy atom. The summed E-state index contributed by atoms with van der Waals surface area (Å²) in [5, 5.41) is 9.65. The molecule has 0 aromatic carbocycles. The molecule has 0 aromatic heterocycles. The van der Waals surface area contributed by atoms with E-state index in [1.165, 1.54) is 0 Å². The molecule has 0 spiro atoms. The zero-order chi connectivity index (χ0) is 9.42. The second-order valence-electron chi connectivity index (χ2n) is 4.20. The molecule has 0 amide bonds. The third-order valence-corrected chi connectivity index (χ3v) is 3.44. The van der Waals surface area contributed by atoms with E-state index in [-0.39, 0.29) is 18.0 Å². The maximum absolute atomic E-state index is 11.2. The van der Waals surface area contributed by atoms with E-state index in [1.54, 1.807) is 0 Å². The quantitative estimate of drug-likeness (QED) is 0.650. The number of ether oxygens (including phenoxy) is 1. The van der Waals surface area contributed by atoms with Crippen LogP contribution >= 0.6 is 0 Å². The monoisotopic (exact) mass is 184 g/mol. The Balaban J connectivity index is 1.98. The van der Waals surface area contributed by atoms with Gasteiger partial charge in [0.2, 0.25) is 0 Å². The summed E-state index contributed by atoms with van der Waals surface area (Å²) in [4.78, 5) is 11.2. The van der Waals surface area contributed by atoms with Gasteiger partial charge in [-0.2, -0.15) is 0 Å². The van der Waals surface area contributed by atoms with Crippen LogP contribution in [0, 0.1) is 17.8 Å². The van der Waals surface area contributed by atoms with Crippen molar-refractivity contribution in [3.05, 3.63) is 0 Å². The Bertz CT molecular complexity index is 214. The Morgan fingerprint density at radius 2 is 2.38 bits per heavy atom. The third-order valence-electron chi connectivity index (χ3n) is 3.44. The van der Waals surface area contributed by atoms with Crippen LogP contribution in [-0.4, -0.2) is 23.8 Å². The van der Waals surface area contributed by atoms with Gasteiger partial charge in [-0.1, -0.05) is 6.92 Å². The zero-order valence-corrected chi connectivity index (χ0v) is 7.90. The molecule has 4 atom stereocenters. The van der Waals surface area contributed by atoms with Gasteiger partial charge in [-0.05, 0) is 25.2 Å². The van der Waals surface area contributed by atoms with Crippen LogP contribution in [0.4, 0.5) is 0 Å². The molecule has 1 heterocycles. The van der Waals surface area contributed by atoms with Crippen molar-refractivity contribution in [1.29, 1.82) is 0 Å². The minimum atomic E-state index is -0.224. The number of carbonyl (C=O) groups is 1. The van der Waals surface area contributed by atoms with Crippen molar-refractivity contribution in [3.8, 4) is 0 Å². The van der Waals surface area contributed by atoms with Crippen molar-refractivity contribution in [1.82, 2.24) is 0 Å². The van der Waals surface area contributed by atoms with Crippen molar-refractivity contribution in [3.63, 3.8) is 0 Å². The van der Waals surface area contributed by atoms with Gasteiger partial charge >= 0.3 is 5.97 Å². The number of hydrogen-bond donors (Lipinski definition) is 1. The first-order chi connectivity index (χ1) is 6.22. The molecule has 0 radical (unpaired) electrons. The van der Waals surface area contributed by atoms with Crippen LogP contribution < -0.4 is 0 Å². The van der Waals surface area contributed by atoms with Crippen molar-refractivity contribution < 1.29 is 14.6 Å². The standard InChI is InChI=1S/C10H16O3/c1-2-9(11)6-3-7-5-13-10(12)8(7)4-6/h6-9,11H,2-5H2,1H3. The van der Waals surface area contributed by atoms with Crippen LogP contribution in [0.2, 0.25) is 0 Å². The predicted molar refractivity (Wildman–Crippen MR) is 47.0 cm³/mol. The van der Waals surface area contributed by atoms with Crippen molar-refractivity contribution in [2.45, 2.75) is 32.3 Å². The van der Waals surface area contributed by atoms with Crippen molar-refractivity contribution in [2.75, 3.05) is 6.61 Å². The van der Waals surface area contributed by atoms with Crippen LogP contribution in [0.5, 0.6) is 0 Å². The highest BCUT2D eigenvalue weighted by Gasteiger charge is 2.46. The molecule has 1 aliphatic carbocycles. The molecule has 3 nitrogen and oxygen atoms in total. The fraction of sp³-hybridized carbons (Fsp3) is 0.900. The summed E-state index contributed by atoms with van der Waals surface area (Å²) >= 11 is 0. The van der Waals surface area contributed by atoms with Gasteiger partial charge in [0, 0.05) is 5.92 Å². The Morgan fingerprint density at radius 3 is 3.00 bits per heavy atom. The first-order valence-corrected chi connectivity index (χ1v) is 5.07.